The molecule has 52 valence electrons. The molecule has 2 nitrogen and oxygen atoms in total. The Morgan fingerprint density at radius 3 is 2.44 bits per heavy atom. The Morgan fingerprint density at radius 1 is 1.56 bits per heavy atom. The van der Waals surface area contributed by atoms with E-state index in [1.165, 1.54) is 0 Å². The Hall–Kier alpha value is -0.790. The summed E-state index contributed by atoms with van der Waals surface area (Å²) >= 11 is 0. The maximum atomic E-state index is 7.05. The van der Waals surface area contributed by atoms with Crippen LogP contribution in [0.5, 0.6) is 0 Å². The van der Waals surface area contributed by atoms with Crippen LogP contribution in [0.4, 0.5) is 0 Å². The summed E-state index contributed by atoms with van der Waals surface area (Å²) in [6.45, 7) is 6.18. The fraction of sp³-hybridized carbons (Fsp3) is 0.571. The smallest absolute Gasteiger partial charge is 0.0946 e. The summed E-state index contributed by atoms with van der Waals surface area (Å²) in [6, 6.07) is 0. The second-order valence-electron chi connectivity index (χ2n) is 1.87. The number of hydrogen-bond acceptors (Lipinski definition) is 2. The van der Waals surface area contributed by atoms with E-state index in [1.54, 1.807) is 13.0 Å². The summed E-state index contributed by atoms with van der Waals surface area (Å²) in [4.78, 5) is 0. The molecule has 9 heavy (non-hydrogen) atoms. The number of hydrogen-bond donors (Lipinski definition) is 1. The maximum absolute atomic E-state index is 7.05. The average molecular weight is 127 g/mol. The van der Waals surface area contributed by atoms with Crippen molar-refractivity contribution >= 4 is 5.71 Å². The van der Waals surface area contributed by atoms with Crippen molar-refractivity contribution in [2.75, 3.05) is 6.61 Å². The molecule has 0 amide bonds. The van der Waals surface area contributed by atoms with E-state index in [9.17, 15) is 0 Å². The highest BCUT2D eigenvalue weighted by Gasteiger charge is 1.85. The first kappa shape index (κ1) is 8.21. The van der Waals surface area contributed by atoms with Gasteiger partial charge < -0.3 is 10.1 Å². The third-order valence-corrected chi connectivity index (χ3v) is 0.792. The maximum Gasteiger partial charge on any atom is 0.0946 e. The van der Waals surface area contributed by atoms with Crippen LogP contribution < -0.4 is 0 Å². The molecule has 0 spiro atoms. The molecular weight excluding hydrogens is 114 g/mol. The van der Waals surface area contributed by atoms with Gasteiger partial charge in [0.1, 0.15) is 0 Å². The molecule has 0 rings (SSSR count). The fourth-order valence-electron chi connectivity index (χ4n) is 0.574. The topological polar surface area (TPSA) is 33.1 Å². The zero-order valence-corrected chi connectivity index (χ0v) is 6.19. The van der Waals surface area contributed by atoms with Crippen molar-refractivity contribution in [3.8, 4) is 0 Å². The van der Waals surface area contributed by atoms with Crippen molar-refractivity contribution in [2.45, 2.75) is 20.8 Å². The van der Waals surface area contributed by atoms with Gasteiger partial charge in [0.05, 0.1) is 12.4 Å². The Kier molecular flexibility index (Phi) is 3.76. The van der Waals surface area contributed by atoms with E-state index in [0.717, 1.165) is 5.76 Å². The van der Waals surface area contributed by atoms with E-state index in [2.05, 4.69) is 0 Å². The summed E-state index contributed by atoms with van der Waals surface area (Å²) in [5, 5.41) is 7.05. The molecule has 0 aromatic carbocycles. The van der Waals surface area contributed by atoms with E-state index in [0.29, 0.717) is 12.3 Å². The fourth-order valence-corrected chi connectivity index (χ4v) is 0.574. The van der Waals surface area contributed by atoms with Crippen LogP contribution in [-0.2, 0) is 4.74 Å². The Morgan fingerprint density at radius 2 is 2.11 bits per heavy atom. The minimum atomic E-state index is 0.529. The third-order valence-electron chi connectivity index (χ3n) is 0.792. The standard InChI is InChI=1S/C7H13NO/c1-4-9-7(3)5-6(2)8/h5,8H,4H2,1-3H3/b7-5-,8-6?. The van der Waals surface area contributed by atoms with Gasteiger partial charge in [0.15, 0.2) is 0 Å². The second-order valence-corrected chi connectivity index (χ2v) is 1.87. The molecule has 0 saturated heterocycles. The van der Waals surface area contributed by atoms with E-state index in [-0.39, 0.29) is 0 Å². The number of rotatable bonds is 3. The van der Waals surface area contributed by atoms with E-state index in [1.807, 2.05) is 13.8 Å². The molecule has 0 unspecified atom stereocenters. The molecule has 0 aromatic rings. The van der Waals surface area contributed by atoms with Crippen LogP contribution in [0.15, 0.2) is 11.8 Å². The van der Waals surface area contributed by atoms with Crippen molar-refractivity contribution in [1.82, 2.24) is 0 Å². The molecule has 0 aromatic heterocycles. The highest BCUT2D eigenvalue weighted by atomic mass is 16.5. The first-order chi connectivity index (χ1) is 4.16. The van der Waals surface area contributed by atoms with Crippen molar-refractivity contribution in [1.29, 1.82) is 5.41 Å². The second kappa shape index (κ2) is 4.13. The largest absolute Gasteiger partial charge is 0.498 e. The van der Waals surface area contributed by atoms with Gasteiger partial charge in [-0.3, -0.25) is 0 Å². The quantitative estimate of drug-likeness (QED) is 0.456. The van der Waals surface area contributed by atoms with Gasteiger partial charge in [0, 0.05) is 5.71 Å². The van der Waals surface area contributed by atoms with Gasteiger partial charge in [0.25, 0.3) is 0 Å². The van der Waals surface area contributed by atoms with Gasteiger partial charge in [-0.1, -0.05) is 0 Å². The van der Waals surface area contributed by atoms with Gasteiger partial charge in [-0.15, -0.1) is 0 Å². The predicted molar refractivity (Wildman–Crippen MR) is 38.8 cm³/mol. The van der Waals surface area contributed by atoms with Crippen molar-refractivity contribution in [3.05, 3.63) is 11.8 Å². The van der Waals surface area contributed by atoms with Crippen LogP contribution in [0.2, 0.25) is 0 Å². The summed E-state index contributed by atoms with van der Waals surface area (Å²) in [7, 11) is 0. The Bertz CT molecular complexity index is 127. The summed E-state index contributed by atoms with van der Waals surface area (Å²) in [5.41, 5.74) is 0.529. The minimum absolute atomic E-state index is 0.529. The molecule has 1 N–H and O–H groups in total. The molecule has 0 fully saturated rings. The summed E-state index contributed by atoms with van der Waals surface area (Å²) in [5.74, 6) is 0.810. The zero-order chi connectivity index (χ0) is 7.28. The van der Waals surface area contributed by atoms with Crippen LogP contribution in [0.25, 0.3) is 0 Å². The van der Waals surface area contributed by atoms with Crippen LogP contribution in [0, 0.1) is 5.41 Å². The lowest BCUT2D eigenvalue weighted by Gasteiger charge is -1.99. The van der Waals surface area contributed by atoms with Crippen LogP contribution >= 0.6 is 0 Å². The van der Waals surface area contributed by atoms with Crippen molar-refractivity contribution in [2.24, 2.45) is 0 Å². The van der Waals surface area contributed by atoms with Crippen molar-refractivity contribution in [3.63, 3.8) is 0 Å². The molecule has 0 atom stereocenters. The molecular formula is C7H13NO. The van der Waals surface area contributed by atoms with Crippen LogP contribution in [0.3, 0.4) is 0 Å². The summed E-state index contributed by atoms with van der Waals surface area (Å²) < 4.78 is 5.07. The van der Waals surface area contributed by atoms with Gasteiger partial charge in [0.2, 0.25) is 0 Å². The molecule has 0 aliphatic rings. The SMILES string of the molecule is CCO/C(C)=C\C(C)=N. The molecule has 0 aliphatic carbocycles. The average Bonchev–Trinajstić information content (AvgIpc) is 1.63. The lowest BCUT2D eigenvalue weighted by atomic mass is 10.3. The first-order valence-electron chi connectivity index (χ1n) is 3.03. The highest BCUT2D eigenvalue weighted by Crippen LogP contribution is 1.93. The highest BCUT2D eigenvalue weighted by molar-refractivity contribution is 5.90. The molecule has 2 heteroatoms. The molecule has 0 saturated carbocycles. The van der Waals surface area contributed by atoms with Crippen LogP contribution in [0.1, 0.15) is 20.8 Å². The van der Waals surface area contributed by atoms with Gasteiger partial charge in [-0.25, -0.2) is 0 Å². The van der Waals surface area contributed by atoms with Gasteiger partial charge in [-0.05, 0) is 26.8 Å². The first-order valence-corrected chi connectivity index (χ1v) is 3.03. The van der Waals surface area contributed by atoms with Gasteiger partial charge in [-0.2, -0.15) is 0 Å². The Labute approximate surface area is 56.0 Å². The molecule has 0 radical (unpaired) electrons. The number of nitrogens with one attached hydrogen (secondary N) is 1. The number of allylic oxidation sites excluding steroid dienone is 2. The normalized spacial score (nSPS) is 11.2. The molecule has 0 aliphatic heterocycles. The zero-order valence-electron chi connectivity index (χ0n) is 6.19. The molecule has 0 bridgehead atoms. The molecule has 0 heterocycles. The van der Waals surface area contributed by atoms with E-state index < -0.39 is 0 Å². The predicted octanol–water partition coefficient (Wildman–Crippen LogP) is 1.97. The van der Waals surface area contributed by atoms with E-state index >= 15 is 0 Å². The number of ether oxygens (including phenoxy) is 1. The Balaban J connectivity index is 3.69. The van der Waals surface area contributed by atoms with Crippen molar-refractivity contribution < 1.29 is 4.74 Å². The van der Waals surface area contributed by atoms with Gasteiger partial charge >= 0.3 is 0 Å². The summed E-state index contributed by atoms with van der Waals surface area (Å²) in [6.07, 6.45) is 1.70. The minimum Gasteiger partial charge on any atom is -0.498 e. The lowest BCUT2D eigenvalue weighted by molar-refractivity contribution is 0.232. The van der Waals surface area contributed by atoms with Crippen LogP contribution in [-0.4, -0.2) is 12.3 Å². The van der Waals surface area contributed by atoms with E-state index in [4.69, 9.17) is 10.1 Å². The monoisotopic (exact) mass is 127 g/mol. The third kappa shape index (κ3) is 5.07. The lowest BCUT2D eigenvalue weighted by Crippen LogP contribution is -1.89.